The van der Waals surface area contributed by atoms with Gasteiger partial charge in [0.15, 0.2) is 5.78 Å². The predicted molar refractivity (Wildman–Crippen MR) is 45.8 cm³/mol. The second kappa shape index (κ2) is 2.22. The predicted octanol–water partition coefficient (Wildman–Crippen LogP) is 0.266. The number of ketones is 1. The van der Waals surface area contributed by atoms with Crippen molar-refractivity contribution in [1.29, 1.82) is 0 Å². The number of fused-ring (bicyclic) bond motifs is 2. The average Bonchev–Trinajstić information content (AvgIpc) is 2.78. The molecule has 2 aliphatic carbocycles. The minimum atomic E-state index is -0.488. The Hall–Kier alpha value is -1.12. The second-order valence-electron chi connectivity index (χ2n) is 4.21. The molecule has 0 aromatic carbocycles. The van der Waals surface area contributed by atoms with Crippen LogP contribution < -0.4 is 5.32 Å². The molecule has 2 fully saturated rings. The van der Waals surface area contributed by atoms with Crippen molar-refractivity contribution in [2.24, 2.45) is 17.8 Å². The Kier molecular flexibility index (Phi) is 1.25. The van der Waals surface area contributed by atoms with Crippen LogP contribution in [0.2, 0.25) is 0 Å². The number of rotatable bonds is 0. The Balaban J connectivity index is 2.02. The van der Waals surface area contributed by atoms with Crippen LogP contribution in [0.15, 0.2) is 12.2 Å². The van der Waals surface area contributed by atoms with Gasteiger partial charge in [-0.2, -0.15) is 0 Å². The number of nitrogens with one attached hydrogen (secondary N) is 1. The van der Waals surface area contributed by atoms with Crippen LogP contribution in [0.25, 0.3) is 0 Å². The van der Waals surface area contributed by atoms with Gasteiger partial charge in [0.25, 0.3) is 0 Å². The van der Waals surface area contributed by atoms with Gasteiger partial charge in [-0.05, 0) is 18.3 Å². The average molecular weight is 177 g/mol. The molecule has 3 nitrogen and oxygen atoms in total. The fourth-order valence-electron chi connectivity index (χ4n) is 2.44. The first-order valence-corrected chi connectivity index (χ1v) is 4.77. The van der Waals surface area contributed by atoms with E-state index in [1.54, 1.807) is 6.08 Å². The van der Waals surface area contributed by atoms with E-state index >= 15 is 0 Å². The number of amides is 1. The highest BCUT2D eigenvalue weighted by molar-refractivity contribution is 6.05. The third kappa shape index (κ3) is 0.961. The first kappa shape index (κ1) is 7.30. The van der Waals surface area contributed by atoms with Crippen LogP contribution in [0.4, 0.5) is 0 Å². The Morgan fingerprint density at radius 1 is 1.31 bits per heavy atom. The zero-order valence-corrected chi connectivity index (χ0v) is 7.19. The highest BCUT2D eigenvalue weighted by atomic mass is 16.2. The molecule has 2 bridgehead atoms. The number of piperidine rings is 1. The van der Waals surface area contributed by atoms with Gasteiger partial charge < -0.3 is 5.32 Å². The van der Waals surface area contributed by atoms with Crippen molar-refractivity contribution >= 4 is 11.7 Å². The molecule has 1 amide bonds. The minimum Gasteiger partial charge on any atom is -0.352 e. The summed E-state index contributed by atoms with van der Waals surface area (Å²) in [5.74, 6) is 0.669. The zero-order valence-electron chi connectivity index (χ0n) is 7.19. The molecule has 2 heterocycles. The van der Waals surface area contributed by atoms with Gasteiger partial charge in [0.1, 0.15) is 5.92 Å². The van der Waals surface area contributed by atoms with Gasteiger partial charge in [-0.25, -0.2) is 0 Å². The van der Waals surface area contributed by atoms with E-state index in [0.717, 1.165) is 6.42 Å². The van der Waals surface area contributed by atoms with E-state index in [0.29, 0.717) is 18.3 Å². The molecule has 4 atom stereocenters. The molecule has 13 heavy (non-hydrogen) atoms. The summed E-state index contributed by atoms with van der Waals surface area (Å²) in [7, 11) is 0. The van der Waals surface area contributed by atoms with E-state index in [2.05, 4.69) is 11.4 Å². The molecule has 0 radical (unpaired) electrons. The number of allylic oxidation sites excluding steroid dienone is 1. The van der Waals surface area contributed by atoms with Crippen molar-refractivity contribution in [1.82, 2.24) is 5.32 Å². The van der Waals surface area contributed by atoms with Crippen molar-refractivity contribution in [2.45, 2.75) is 18.9 Å². The molecule has 0 spiro atoms. The molecule has 68 valence electrons. The molecule has 1 N–H and O–H groups in total. The smallest absolute Gasteiger partial charge is 0.234 e. The van der Waals surface area contributed by atoms with E-state index in [1.165, 1.54) is 0 Å². The monoisotopic (exact) mass is 177 g/mol. The second-order valence-corrected chi connectivity index (χ2v) is 4.21. The Bertz CT molecular complexity index is 303. The van der Waals surface area contributed by atoms with Crippen LogP contribution in [0.1, 0.15) is 12.8 Å². The van der Waals surface area contributed by atoms with Crippen molar-refractivity contribution in [3.63, 3.8) is 0 Å². The standard InChI is InChI=1S/C10H11NO2/c12-9-4-8-7-3-5(7)1-2-6(9)10(13)11-8/h1-2,5-8H,3-4H2,(H,11,13)/t5-,6-,7+,8+/m1/s1. The van der Waals surface area contributed by atoms with Crippen molar-refractivity contribution in [3.8, 4) is 0 Å². The van der Waals surface area contributed by atoms with Gasteiger partial charge in [0, 0.05) is 12.5 Å². The van der Waals surface area contributed by atoms with E-state index in [1.807, 2.05) is 0 Å². The molecule has 4 aliphatic rings. The SMILES string of the molecule is O=C1C[C@@H]2NC(=O)[C@@H]1C=C[C@@H]1C[C@@H]12. The van der Waals surface area contributed by atoms with Crippen LogP contribution in [0.3, 0.4) is 0 Å². The van der Waals surface area contributed by atoms with E-state index in [-0.39, 0.29) is 17.7 Å². The molecule has 3 heteroatoms. The molecular formula is C10H11NO2. The van der Waals surface area contributed by atoms with E-state index in [9.17, 15) is 9.59 Å². The number of carbonyl (C=O) groups excluding carboxylic acids is 2. The molecule has 2 aliphatic heterocycles. The molecule has 1 saturated heterocycles. The lowest BCUT2D eigenvalue weighted by atomic mass is 9.87. The summed E-state index contributed by atoms with van der Waals surface area (Å²) in [6.07, 6.45) is 5.53. The van der Waals surface area contributed by atoms with Gasteiger partial charge >= 0.3 is 0 Å². The molecule has 4 rings (SSSR count). The van der Waals surface area contributed by atoms with Crippen molar-refractivity contribution in [3.05, 3.63) is 12.2 Å². The molecular weight excluding hydrogens is 166 g/mol. The lowest BCUT2D eigenvalue weighted by Gasteiger charge is -2.28. The fourth-order valence-corrected chi connectivity index (χ4v) is 2.44. The van der Waals surface area contributed by atoms with Crippen LogP contribution >= 0.6 is 0 Å². The fraction of sp³-hybridized carbons (Fsp3) is 0.600. The van der Waals surface area contributed by atoms with Crippen molar-refractivity contribution in [2.75, 3.05) is 0 Å². The normalized spacial score (nSPS) is 46.5. The van der Waals surface area contributed by atoms with Gasteiger partial charge in [0.05, 0.1) is 0 Å². The molecule has 0 aromatic heterocycles. The molecule has 0 aromatic rings. The summed E-state index contributed by atoms with van der Waals surface area (Å²) in [4.78, 5) is 22.9. The maximum atomic E-state index is 11.5. The maximum absolute atomic E-state index is 11.5. The number of Topliss-reactive ketones (excluding diaryl/α,β-unsaturated/α-hetero) is 1. The number of hydrogen-bond acceptors (Lipinski definition) is 2. The van der Waals surface area contributed by atoms with Crippen LogP contribution in [-0.2, 0) is 9.59 Å². The van der Waals surface area contributed by atoms with Gasteiger partial charge in [-0.1, -0.05) is 12.2 Å². The summed E-state index contributed by atoms with van der Waals surface area (Å²) in [6.45, 7) is 0. The third-order valence-corrected chi connectivity index (χ3v) is 3.34. The topological polar surface area (TPSA) is 46.2 Å². The van der Waals surface area contributed by atoms with Gasteiger partial charge in [0.2, 0.25) is 5.91 Å². The third-order valence-electron chi connectivity index (χ3n) is 3.34. The van der Waals surface area contributed by atoms with Gasteiger partial charge in [-0.15, -0.1) is 0 Å². The van der Waals surface area contributed by atoms with Crippen LogP contribution in [0, 0.1) is 17.8 Å². The lowest BCUT2D eigenvalue weighted by molar-refractivity contribution is -0.136. The highest BCUT2D eigenvalue weighted by Gasteiger charge is 2.48. The Morgan fingerprint density at radius 2 is 2.15 bits per heavy atom. The highest BCUT2D eigenvalue weighted by Crippen LogP contribution is 2.46. The summed E-state index contributed by atoms with van der Waals surface area (Å²) >= 11 is 0. The first-order valence-electron chi connectivity index (χ1n) is 4.77. The van der Waals surface area contributed by atoms with Crippen LogP contribution in [-0.4, -0.2) is 17.7 Å². The maximum Gasteiger partial charge on any atom is 0.234 e. The van der Waals surface area contributed by atoms with E-state index < -0.39 is 5.92 Å². The number of carbonyl (C=O) groups is 2. The number of hydrogen-bond donors (Lipinski definition) is 1. The summed E-state index contributed by atoms with van der Waals surface area (Å²) in [5, 5.41) is 2.93. The summed E-state index contributed by atoms with van der Waals surface area (Å²) in [5.41, 5.74) is 0. The largest absolute Gasteiger partial charge is 0.352 e. The van der Waals surface area contributed by atoms with Crippen molar-refractivity contribution < 1.29 is 9.59 Å². The molecule has 0 unspecified atom stereocenters. The van der Waals surface area contributed by atoms with Crippen LogP contribution in [0.5, 0.6) is 0 Å². The first-order chi connectivity index (χ1) is 6.25. The molecule has 1 saturated carbocycles. The summed E-state index contributed by atoms with van der Waals surface area (Å²) < 4.78 is 0. The summed E-state index contributed by atoms with van der Waals surface area (Å²) in [6, 6.07) is 0.131. The van der Waals surface area contributed by atoms with Gasteiger partial charge in [-0.3, -0.25) is 9.59 Å². The van der Waals surface area contributed by atoms with E-state index in [4.69, 9.17) is 0 Å². The quantitative estimate of drug-likeness (QED) is 0.426. The lowest BCUT2D eigenvalue weighted by Crippen LogP contribution is -2.50. The minimum absolute atomic E-state index is 0.0929. The Labute approximate surface area is 76.2 Å². The Morgan fingerprint density at radius 3 is 2.92 bits per heavy atom. The zero-order chi connectivity index (χ0) is 9.00.